The minimum atomic E-state index is 0. The summed E-state index contributed by atoms with van der Waals surface area (Å²) in [6.45, 7) is 2.28. The number of hydrogen-bond donors (Lipinski definition) is 1. The molecule has 2 rings (SSSR count). The first-order valence-corrected chi connectivity index (χ1v) is 6.19. The first-order chi connectivity index (χ1) is 7.25. The van der Waals surface area contributed by atoms with E-state index in [-0.39, 0.29) is 12.4 Å². The van der Waals surface area contributed by atoms with E-state index in [2.05, 4.69) is 42.2 Å². The quantitative estimate of drug-likeness (QED) is 0.887. The van der Waals surface area contributed by atoms with Crippen molar-refractivity contribution in [3.8, 4) is 5.75 Å². The molecular formula is C10H11Br2ClN2O. The molecule has 0 saturated heterocycles. The van der Waals surface area contributed by atoms with Gasteiger partial charge in [-0.2, -0.15) is 0 Å². The molecule has 0 unspecified atom stereocenters. The number of rotatable bonds is 3. The van der Waals surface area contributed by atoms with Gasteiger partial charge in [-0.25, -0.2) is 0 Å². The molecule has 1 aromatic carbocycles. The number of nitrogens with zero attached hydrogens (tertiary/aromatic N) is 1. The van der Waals surface area contributed by atoms with E-state index >= 15 is 0 Å². The van der Waals surface area contributed by atoms with Gasteiger partial charge in [-0.15, -0.1) is 12.4 Å². The van der Waals surface area contributed by atoms with Crippen LogP contribution in [0.4, 0.5) is 0 Å². The summed E-state index contributed by atoms with van der Waals surface area (Å²) in [5, 5.41) is 3.16. The molecule has 0 amide bonds. The van der Waals surface area contributed by atoms with E-state index in [1.54, 1.807) is 0 Å². The molecule has 3 nitrogen and oxygen atoms in total. The maximum atomic E-state index is 5.58. The summed E-state index contributed by atoms with van der Waals surface area (Å²) in [5.74, 6) is 1.76. The minimum Gasteiger partial charge on any atom is -0.486 e. The lowest BCUT2D eigenvalue weighted by Crippen LogP contribution is -2.24. The smallest absolute Gasteiger partial charge is 0.145 e. The fraction of sp³-hybridized carbons (Fsp3) is 0.300. The summed E-state index contributed by atoms with van der Waals surface area (Å²) >= 11 is 6.84. The van der Waals surface area contributed by atoms with Crippen molar-refractivity contribution in [2.75, 3.05) is 19.7 Å². The molecule has 0 radical (unpaired) electrons. The predicted molar refractivity (Wildman–Crippen MR) is 74.9 cm³/mol. The van der Waals surface area contributed by atoms with Crippen molar-refractivity contribution >= 4 is 50.1 Å². The number of hydrogen-bond acceptors (Lipinski definition) is 3. The molecule has 88 valence electrons. The van der Waals surface area contributed by atoms with E-state index in [4.69, 9.17) is 4.74 Å². The number of amidine groups is 1. The second-order valence-electron chi connectivity index (χ2n) is 3.12. The van der Waals surface area contributed by atoms with Gasteiger partial charge < -0.3 is 10.1 Å². The molecule has 0 bridgehead atoms. The average molecular weight is 370 g/mol. The molecule has 0 atom stereocenters. The highest BCUT2D eigenvalue weighted by atomic mass is 79.9. The number of ether oxygens (including phenoxy) is 1. The van der Waals surface area contributed by atoms with Crippen LogP contribution in [0, 0.1) is 0 Å². The molecule has 6 heteroatoms. The first kappa shape index (κ1) is 13.8. The van der Waals surface area contributed by atoms with Crippen LogP contribution in [0.5, 0.6) is 5.75 Å². The number of nitrogens with one attached hydrogen (secondary N) is 1. The molecule has 1 N–H and O–H groups in total. The van der Waals surface area contributed by atoms with Crippen molar-refractivity contribution in [2.45, 2.75) is 0 Å². The molecule has 0 saturated carbocycles. The third kappa shape index (κ3) is 3.64. The van der Waals surface area contributed by atoms with Gasteiger partial charge in [0.25, 0.3) is 0 Å². The standard InChI is InChI=1S/C10H10Br2N2O.ClH/c11-8-2-1-7(5-9(8)12)15-6-10-13-3-4-14-10;/h1-2,5H,3-4,6H2,(H,13,14);1H. The summed E-state index contributed by atoms with van der Waals surface area (Å²) in [6.07, 6.45) is 0. The molecular weight excluding hydrogens is 359 g/mol. The van der Waals surface area contributed by atoms with Crippen LogP contribution >= 0.6 is 44.3 Å². The summed E-state index contributed by atoms with van der Waals surface area (Å²) < 4.78 is 7.59. The molecule has 0 aliphatic carbocycles. The van der Waals surface area contributed by atoms with Crippen LogP contribution in [0.3, 0.4) is 0 Å². The van der Waals surface area contributed by atoms with Crippen LogP contribution in [-0.4, -0.2) is 25.5 Å². The third-order valence-corrected chi connectivity index (χ3v) is 3.89. The second-order valence-corrected chi connectivity index (χ2v) is 4.83. The van der Waals surface area contributed by atoms with Gasteiger partial charge in [-0.05, 0) is 50.1 Å². The van der Waals surface area contributed by atoms with Crippen molar-refractivity contribution in [3.05, 3.63) is 27.1 Å². The van der Waals surface area contributed by atoms with Crippen molar-refractivity contribution in [1.29, 1.82) is 0 Å². The van der Waals surface area contributed by atoms with Crippen LogP contribution in [0.25, 0.3) is 0 Å². The summed E-state index contributed by atoms with van der Waals surface area (Å²) in [4.78, 5) is 4.25. The van der Waals surface area contributed by atoms with Gasteiger partial charge in [0, 0.05) is 15.5 Å². The van der Waals surface area contributed by atoms with E-state index in [1.807, 2.05) is 18.2 Å². The van der Waals surface area contributed by atoms with E-state index in [1.165, 1.54) is 0 Å². The Hall–Kier alpha value is -0.260. The Bertz CT molecular complexity index is 398. The normalized spacial score (nSPS) is 13.8. The zero-order valence-corrected chi connectivity index (χ0v) is 12.4. The van der Waals surface area contributed by atoms with Crippen molar-refractivity contribution in [3.63, 3.8) is 0 Å². The topological polar surface area (TPSA) is 33.6 Å². The van der Waals surface area contributed by atoms with Gasteiger partial charge in [0.15, 0.2) is 0 Å². The molecule has 1 aliphatic heterocycles. The Balaban J connectivity index is 0.00000128. The lowest BCUT2D eigenvalue weighted by molar-refractivity contribution is 0.373. The Kier molecular flexibility index (Phi) is 5.58. The van der Waals surface area contributed by atoms with E-state index in [0.717, 1.165) is 33.6 Å². The first-order valence-electron chi connectivity index (χ1n) is 4.61. The average Bonchev–Trinajstić information content (AvgIpc) is 2.73. The minimum absolute atomic E-state index is 0. The lowest BCUT2D eigenvalue weighted by Gasteiger charge is -2.07. The zero-order chi connectivity index (χ0) is 10.7. The third-order valence-electron chi connectivity index (χ3n) is 2.01. The maximum absolute atomic E-state index is 5.58. The van der Waals surface area contributed by atoms with Gasteiger partial charge in [0.2, 0.25) is 0 Å². The monoisotopic (exact) mass is 368 g/mol. The van der Waals surface area contributed by atoms with Gasteiger partial charge in [-0.1, -0.05) is 0 Å². The van der Waals surface area contributed by atoms with E-state index in [9.17, 15) is 0 Å². The Labute approximate surface area is 117 Å². The predicted octanol–water partition coefficient (Wildman–Crippen LogP) is 3.01. The van der Waals surface area contributed by atoms with Gasteiger partial charge >= 0.3 is 0 Å². The van der Waals surface area contributed by atoms with E-state index < -0.39 is 0 Å². The molecule has 0 fully saturated rings. The lowest BCUT2D eigenvalue weighted by atomic mass is 10.3. The van der Waals surface area contributed by atoms with Crippen LogP contribution in [-0.2, 0) is 0 Å². The SMILES string of the molecule is Brc1ccc(OCC2=NCCN2)cc1Br.Cl. The molecule has 16 heavy (non-hydrogen) atoms. The Morgan fingerprint density at radius 1 is 1.31 bits per heavy atom. The second kappa shape index (κ2) is 6.47. The van der Waals surface area contributed by atoms with Gasteiger partial charge in [0.1, 0.15) is 18.2 Å². The highest BCUT2D eigenvalue weighted by molar-refractivity contribution is 9.13. The van der Waals surface area contributed by atoms with Crippen LogP contribution < -0.4 is 10.1 Å². The highest BCUT2D eigenvalue weighted by Crippen LogP contribution is 2.27. The van der Waals surface area contributed by atoms with Gasteiger partial charge in [0.05, 0.1) is 6.54 Å². The van der Waals surface area contributed by atoms with Gasteiger partial charge in [-0.3, -0.25) is 4.99 Å². The molecule has 0 aromatic heterocycles. The Morgan fingerprint density at radius 3 is 2.75 bits per heavy atom. The molecule has 1 heterocycles. The summed E-state index contributed by atoms with van der Waals surface area (Å²) in [6, 6.07) is 5.80. The largest absolute Gasteiger partial charge is 0.486 e. The van der Waals surface area contributed by atoms with Crippen LogP contribution in [0.2, 0.25) is 0 Å². The number of benzene rings is 1. The summed E-state index contributed by atoms with van der Waals surface area (Å²) in [5.41, 5.74) is 0. The number of halogens is 3. The molecule has 1 aliphatic rings. The summed E-state index contributed by atoms with van der Waals surface area (Å²) in [7, 11) is 0. The molecule has 0 spiro atoms. The van der Waals surface area contributed by atoms with Crippen LogP contribution in [0.15, 0.2) is 32.1 Å². The Morgan fingerprint density at radius 2 is 2.12 bits per heavy atom. The van der Waals surface area contributed by atoms with Crippen molar-refractivity contribution in [2.24, 2.45) is 4.99 Å². The van der Waals surface area contributed by atoms with Crippen molar-refractivity contribution in [1.82, 2.24) is 5.32 Å². The molecule has 1 aromatic rings. The number of aliphatic imine (C=N–C) groups is 1. The maximum Gasteiger partial charge on any atom is 0.145 e. The zero-order valence-electron chi connectivity index (χ0n) is 8.37. The highest BCUT2D eigenvalue weighted by Gasteiger charge is 2.06. The van der Waals surface area contributed by atoms with E-state index in [0.29, 0.717) is 6.61 Å². The van der Waals surface area contributed by atoms with Crippen molar-refractivity contribution < 1.29 is 4.74 Å². The fourth-order valence-electron chi connectivity index (χ4n) is 1.26. The fourth-order valence-corrected chi connectivity index (χ4v) is 1.87. The van der Waals surface area contributed by atoms with Crippen LogP contribution in [0.1, 0.15) is 0 Å².